The lowest BCUT2D eigenvalue weighted by Crippen LogP contribution is -3.16. The maximum atomic E-state index is 12.1. The Morgan fingerprint density at radius 2 is 2.10 bits per heavy atom. The van der Waals surface area contributed by atoms with E-state index in [9.17, 15) is 4.79 Å². The van der Waals surface area contributed by atoms with Gasteiger partial charge in [-0.05, 0) is 38.2 Å². The van der Waals surface area contributed by atoms with Crippen LogP contribution in [-0.4, -0.2) is 31.4 Å². The first-order valence-electron chi connectivity index (χ1n) is 7.38. The van der Waals surface area contributed by atoms with Crippen LogP contribution in [0.15, 0.2) is 29.2 Å². The molecule has 0 aromatic heterocycles. The van der Waals surface area contributed by atoms with Gasteiger partial charge in [0.15, 0.2) is 6.04 Å². The maximum Gasteiger partial charge on any atom is 0.364 e. The van der Waals surface area contributed by atoms with Crippen LogP contribution in [0, 0.1) is 0 Å². The molecule has 1 fully saturated rings. The largest absolute Gasteiger partial charge is 0.462 e. The second-order valence-corrected chi connectivity index (χ2v) is 6.11. The van der Waals surface area contributed by atoms with E-state index in [0.717, 1.165) is 25.9 Å². The Morgan fingerprint density at radius 1 is 1.35 bits per heavy atom. The van der Waals surface area contributed by atoms with Crippen molar-refractivity contribution < 1.29 is 14.4 Å². The molecular formula is C16H24NO2S+. The van der Waals surface area contributed by atoms with Crippen LogP contribution >= 0.6 is 11.8 Å². The van der Waals surface area contributed by atoms with E-state index in [-0.39, 0.29) is 12.0 Å². The van der Waals surface area contributed by atoms with E-state index in [0.29, 0.717) is 6.61 Å². The van der Waals surface area contributed by atoms with Gasteiger partial charge in [-0.3, -0.25) is 0 Å². The molecule has 0 amide bonds. The number of rotatable bonds is 5. The molecule has 0 bridgehead atoms. The summed E-state index contributed by atoms with van der Waals surface area (Å²) < 4.78 is 5.22. The Balaban J connectivity index is 2.02. The number of likely N-dealkylation sites (tertiary alicyclic amines) is 1. The molecule has 1 aliphatic rings. The molecule has 4 heteroatoms. The number of thioether (sulfide) groups is 1. The molecule has 3 nitrogen and oxygen atoms in total. The van der Waals surface area contributed by atoms with Crippen molar-refractivity contribution in [3.05, 3.63) is 29.8 Å². The van der Waals surface area contributed by atoms with Gasteiger partial charge < -0.3 is 9.64 Å². The number of nitrogens with one attached hydrogen (secondary N) is 1. The monoisotopic (exact) mass is 294 g/mol. The summed E-state index contributed by atoms with van der Waals surface area (Å²) in [6.07, 6.45) is 5.38. The van der Waals surface area contributed by atoms with Crippen LogP contribution in [0.25, 0.3) is 0 Å². The summed E-state index contributed by atoms with van der Waals surface area (Å²) in [5.74, 6) is -0.0251. The zero-order valence-corrected chi connectivity index (χ0v) is 13.2. The highest BCUT2D eigenvalue weighted by Crippen LogP contribution is 2.15. The average Bonchev–Trinajstić information content (AvgIpc) is 2.49. The molecule has 1 aliphatic heterocycles. The predicted octanol–water partition coefficient (Wildman–Crippen LogP) is 1.91. The number of esters is 1. The number of hydrogen-bond donors (Lipinski definition) is 1. The Hall–Kier alpha value is -1.00. The van der Waals surface area contributed by atoms with E-state index in [1.165, 1.54) is 21.8 Å². The van der Waals surface area contributed by atoms with Crippen LogP contribution in [0.5, 0.6) is 0 Å². The second-order valence-electron chi connectivity index (χ2n) is 5.23. The number of carbonyl (C=O) groups is 1. The van der Waals surface area contributed by atoms with Crippen LogP contribution in [0.1, 0.15) is 31.7 Å². The number of hydrogen-bond acceptors (Lipinski definition) is 3. The highest BCUT2D eigenvalue weighted by Gasteiger charge is 2.33. The summed E-state index contributed by atoms with van der Waals surface area (Å²) in [5.41, 5.74) is 1.30. The minimum atomic E-state index is -0.0251. The van der Waals surface area contributed by atoms with Crippen molar-refractivity contribution in [2.45, 2.75) is 43.7 Å². The highest BCUT2D eigenvalue weighted by molar-refractivity contribution is 7.98. The quantitative estimate of drug-likeness (QED) is 0.665. The van der Waals surface area contributed by atoms with Crippen LogP contribution in [0.2, 0.25) is 0 Å². The topological polar surface area (TPSA) is 30.7 Å². The van der Waals surface area contributed by atoms with Crippen LogP contribution < -0.4 is 4.90 Å². The van der Waals surface area contributed by atoms with Gasteiger partial charge >= 0.3 is 5.97 Å². The molecule has 1 aromatic carbocycles. The lowest BCUT2D eigenvalue weighted by atomic mass is 10.0. The lowest BCUT2D eigenvalue weighted by molar-refractivity contribution is -0.935. The first-order chi connectivity index (χ1) is 9.74. The van der Waals surface area contributed by atoms with E-state index < -0.39 is 0 Å². The zero-order valence-electron chi connectivity index (χ0n) is 12.4. The third-order valence-electron chi connectivity index (χ3n) is 3.89. The lowest BCUT2D eigenvalue weighted by Gasteiger charge is -2.30. The third-order valence-corrected chi connectivity index (χ3v) is 4.64. The molecule has 0 aliphatic carbocycles. The predicted molar refractivity (Wildman–Crippen MR) is 82.0 cm³/mol. The van der Waals surface area contributed by atoms with Crippen molar-refractivity contribution in [3.8, 4) is 0 Å². The molecule has 2 rings (SSSR count). The van der Waals surface area contributed by atoms with Crippen LogP contribution in [0.3, 0.4) is 0 Å². The summed E-state index contributed by atoms with van der Waals surface area (Å²) in [7, 11) is 0. The van der Waals surface area contributed by atoms with Crippen molar-refractivity contribution >= 4 is 17.7 Å². The first kappa shape index (κ1) is 15.4. The van der Waals surface area contributed by atoms with E-state index in [2.05, 4.69) is 30.5 Å². The first-order valence-corrected chi connectivity index (χ1v) is 8.61. The molecule has 1 unspecified atom stereocenters. The Kier molecular flexibility index (Phi) is 5.92. The van der Waals surface area contributed by atoms with Crippen molar-refractivity contribution in [1.29, 1.82) is 0 Å². The fourth-order valence-corrected chi connectivity index (χ4v) is 3.23. The van der Waals surface area contributed by atoms with E-state index in [1.807, 2.05) is 6.92 Å². The minimum absolute atomic E-state index is 0.0175. The van der Waals surface area contributed by atoms with E-state index in [1.54, 1.807) is 11.8 Å². The molecular weight excluding hydrogens is 270 g/mol. The zero-order chi connectivity index (χ0) is 14.4. The van der Waals surface area contributed by atoms with Crippen molar-refractivity contribution in [3.63, 3.8) is 0 Å². The smallest absolute Gasteiger partial charge is 0.364 e. The molecule has 0 radical (unpaired) electrons. The summed E-state index contributed by atoms with van der Waals surface area (Å²) in [6, 6.07) is 8.68. The second kappa shape index (κ2) is 7.70. The third kappa shape index (κ3) is 4.00. The number of carbonyl (C=O) groups excluding carboxylic acids is 1. The van der Waals surface area contributed by atoms with Gasteiger partial charge in [0, 0.05) is 16.9 Å². The number of piperidine rings is 1. The van der Waals surface area contributed by atoms with Gasteiger partial charge in [0.25, 0.3) is 0 Å². The standard InChI is InChI=1S/C16H23NO2S/c1-3-19-16(18)15-6-4-5-11-17(15)12-13-7-9-14(20-2)10-8-13/h7-10,15H,3-6,11-12H2,1-2H3/p+1/t15-/m0/s1. The van der Waals surface area contributed by atoms with Crippen molar-refractivity contribution in [1.82, 2.24) is 0 Å². The van der Waals surface area contributed by atoms with E-state index >= 15 is 0 Å². The molecule has 1 N–H and O–H groups in total. The molecule has 2 atom stereocenters. The molecule has 1 heterocycles. The highest BCUT2D eigenvalue weighted by atomic mass is 32.2. The Bertz CT molecular complexity index is 433. The fourth-order valence-electron chi connectivity index (χ4n) is 2.82. The van der Waals surface area contributed by atoms with Gasteiger partial charge in [-0.15, -0.1) is 11.8 Å². The normalized spacial score (nSPS) is 22.5. The molecule has 0 saturated carbocycles. The summed E-state index contributed by atoms with van der Waals surface area (Å²) in [4.78, 5) is 14.7. The van der Waals surface area contributed by atoms with Gasteiger partial charge in [0.2, 0.25) is 0 Å². The van der Waals surface area contributed by atoms with Crippen LogP contribution in [0.4, 0.5) is 0 Å². The van der Waals surface area contributed by atoms with Gasteiger partial charge in [0.1, 0.15) is 6.54 Å². The van der Waals surface area contributed by atoms with Crippen molar-refractivity contribution in [2.24, 2.45) is 0 Å². The van der Waals surface area contributed by atoms with Gasteiger partial charge in [-0.2, -0.15) is 0 Å². The molecule has 1 aromatic rings. The minimum Gasteiger partial charge on any atom is -0.462 e. The Morgan fingerprint density at radius 3 is 2.75 bits per heavy atom. The van der Waals surface area contributed by atoms with Crippen molar-refractivity contribution in [2.75, 3.05) is 19.4 Å². The molecule has 110 valence electrons. The number of quaternary nitrogens is 1. The summed E-state index contributed by atoms with van der Waals surface area (Å²) in [6.45, 7) is 4.33. The molecule has 20 heavy (non-hydrogen) atoms. The van der Waals surface area contributed by atoms with E-state index in [4.69, 9.17) is 4.74 Å². The van der Waals surface area contributed by atoms with Crippen LogP contribution in [-0.2, 0) is 16.1 Å². The van der Waals surface area contributed by atoms with Gasteiger partial charge in [0.05, 0.1) is 13.2 Å². The van der Waals surface area contributed by atoms with Gasteiger partial charge in [-0.1, -0.05) is 12.1 Å². The summed E-state index contributed by atoms with van der Waals surface area (Å²) in [5, 5.41) is 0. The van der Waals surface area contributed by atoms with Gasteiger partial charge in [-0.25, -0.2) is 4.79 Å². The summed E-state index contributed by atoms with van der Waals surface area (Å²) >= 11 is 1.75. The Labute approximate surface area is 125 Å². The average molecular weight is 294 g/mol. The SMILES string of the molecule is CCOC(=O)[C@@H]1CCCC[NH+]1Cc1ccc(SC)cc1. The number of benzene rings is 1. The number of ether oxygens (including phenoxy) is 1. The fraction of sp³-hybridized carbons (Fsp3) is 0.562. The molecule has 1 saturated heterocycles. The molecule has 0 spiro atoms. The maximum absolute atomic E-state index is 12.1.